The predicted molar refractivity (Wildman–Crippen MR) is 103 cm³/mol. The molecule has 1 amide bonds. The number of carbonyl (C=O) groups excluding carboxylic acids is 1. The Morgan fingerprint density at radius 1 is 1.23 bits per heavy atom. The van der Waals surface area contributed by atoms with Gasteiger partial charge >= 0.3 is 0 Å². The minimum absolute atomic E-state index is 0.0695. The molecule has 0 unspecified atom stereocenters. The maximum Gasteiger partial charge on any atom is 0.250 e. The quantitative estimate of drug-likeness (QED) is 0.772. The summed E-state index contributed by atoms with van der Waals surface area (Å²) in [5.74, 6) is 1.51. The van der Waals surface area contributed by atoms with Crippen molar-refractivity contribution in [2.24, 2.45) is 5.92 Å². The first-order valence-electron chi connectivity index (χ1n) is 8.85. The van der Waals surface area contributed by atoms with E-state index in [0.29, 0.717) is 25.4 Å². The lowest BCUT2D eigenvalue weighted by Gasteiger charge is -2.42. The van der Waals surface area contributed by atoms with E-state index in [0.717, 1.165) is 34.4 Å². The number of ether oxygens (including phenoxy) is 1. The van der Waals surface area contributed by atoms with Crippen LogP contribution < -0.4 is 10.3 Å². The van der Waals surface area contributed by atoms with Crippen molar-refractivity contribution >= 4 is 21.8 Å². The molecule has 3 heterocycles. The van der Waals surface area contributed by atoms with Gasteiger partial charge in [0.05, 0.1) is 18.0 Å². The van der Waals surface area contributed by atoms with Crippen LogP contribution in [0, 0.1) is 5.92 Å². The zero-order valence-corrected chi connectivity index (χ0v) is 16.2. The van der Waals surface area contributed by atoms with Crippen molar-refractivity contribution < 1.29 is 9.53 Å². The molecule has 6 heteroatoms. The minimum Gasteiger partial charge on any atom is -0.496 e. The van der Waals surface area contributed by atoms with Crippen molar-refractivity contribution in [2.75, 3.05) is 20.2 Å². The molecular weight excluding hydrogens is 396 g/mol. The molecular formula is C20H21BrN2O3. The number of nitrogens with zero attached hydrogens (tertiary/aromatic N) is 2. The molecule has 136 valence electrons. The number of benzene rings is 1. The van der Waals surface area contributed by atoms with Gasteiger partial charge in [-0.15, -0.1) is 0 Å². The summed E-state index contributed by atoms with van der Waals surface area (Å²) < 4.78 is 7.99. The first kappa shape index (κ1) is 17.3. The van der Waals surface area contributed by atoms with Crippen LogP contribution in [0.3, 0.4) is 0 Å². The maximum absolute atomic E-state index is 12.9. The fourth-order valence-corrected chi connectivity index (χ4v) is 4.79. The Hall–Kier alpha value is -2.08. The SMILES string of the molecule is COc1ccc(CC(=O)N2C[C@H]3C[C@H](C2)c2cccc(=O)n2C3)cc1Br. The van der Waals surface area contributed by atoms with Crippen LogP contribution in [0.1, 0.15) is 23.6 Å². The van der Waals surface area contributed by atoms with E-state index in [-0.39, 0.29) is 17.4 Å². The molecule has 0 radical (unpaired) electrons. The molecule has 1 saturated heterocycles. The van der Waals surface area contributed by atoms with Crippen LogP contribution in [0.2, 0.25) is 0 Å². The van der Waals surface area contributed by atoms with Gasteiger partial charge < -0.3 is 14.2 Å². The van der Waals surface area contributed by atoms with Crippen molar-refractivity contribution in [3.8, 4) is 5.75 Å². The fraction of sp³-hybridized carbons (Fsp3) is 0.400. The Morgan fingerprint density at radius 2 is 2.08 bits per heavy atom. The van der Waals surface area contributed by atoms with Crippen LogP contribution in [0.15, 0.2) is 45.7 Å². The molecule has 1 aromatic carbocycles. The van der Waals surface area contributed by atoms with Gasteiger partial charge in [-0.1, -0.05) is 12.1 Å². The first-order valence-corrected chi connectivity index (χ1v) is 9.64. The molecule has 2 atom stereocenters. The zero-order chi connectivity index (χ0) is 18.3. The average Bonchev–Trinajstić information content (AvgIpc) is 2.63. The van der Waals surface area contributed by atoms with Crippen molar-refractivity contribution in [2.45, 2.75) is 25.3 Å². The Bertz CT molecular complexity index is 908. The Balaban J connectivity index is 1.51. The van der Waals surface area contributed by atoms with Crippen LogP contribution >= 0.6 is 15.9 Å². The lowest BCUT2D eigenvalue weighted by atomic mass is 9.83. The summed E-state index contributed by atoms with van der Waals surface area (Å²) in [6.07, 6.45) is 1.44. The molecule has 1 aromatic heterocycles. The van der Waals surface area contributed by atoms with Gasteiger partial charge in [0, 0.05) is 37.3 Å². The average molecular weight is 417 g/mol. The van der Waals surface area contributed by atoms with Gasteiger partial charge in [0.2, 0.25) is 5.91 Å². The highest BCUT2D eigenvalue weighted by molar-refractivity contribution is 9.10. The number of amides is 1. The highest BCUT2D eigenvalue weighted by Crippen LogP contribution is 2.35. The molecule has 5 nitrogen and oxygen atoms in total. The second kappa shape index (κ2) is 6.91. The molecule has 2 aliphatic rings. The smallest absolute Gasteiger partial charge is 0.250 e. The molecule has 0 N–H and O–H groups in total. The topological polar surface area (TPSA) is 51.5 Å². The molecule has 2 aliphatic heterocycles. The van der Waals surface area contributed by atoms with Gasteiger partial charge in [0.1, 0.15) is 5.75 Å². The maximum atomic E-state index is 12.9. The summed E-state index contributed by atoms with van der Waals surface area (Å²) in [6.45, 7) is 2.13. The number of aromatic nitrogens is 1. The lowest BCUT2D eigenvalue weighted by molar-refractivity contribution is -0.133. The second-order valence-electron chi connectivity index (χ2n) is 7.14. The number of hydrogen-bond acceptors (Lipinski definition) is 3. The van der Waals surface area contributed by atoms with Crippen molar-refractivity contribution in [1.82, 2.24) is 9.47 Å². The number of methoxy groups -OCH3 is 1. The van der Waals surface area contributed by atoms with Crippen LogP contribution in [0.25, 0.3) is 0 Å². The number of hydrogen-bond donors (Lipinski definition) is 0. The summed E-state index contributed by atoms with van der Waals surface area (Å²) in [4.78, 5) is 26.9. The third kappa shape index (κ3) is 3.18. The number of halogens is 1. The van der Waals surface area contributed by atoms with Crippen molar-refractivity contribution in [3.05, 3.63) is 62.5 Å². The number of carbonyl (C=O) groups is 1. The molecule has 1 fully saturated rings. The predicted octanol–water partition coefficient (Wildman–Crippen LogP) is 2.81. The van der Waals surface area contributed by atoms with Gasteiger partial charge in [-0.3, -0.25) is 9.59 Å². The summed E-state index contributed by atoms with van der Waals surface area (Å²) in [5.41, 5.74) is 2.11. The van der Waals surface area contributed by atoms with Gasteiger partial charge in [0.25, 0.3) is 5.56 Å². The normalized spacial score (nSPS) is 21.2. The van der Waals surface area contributed by atoms with Gasteiger partial charge in [-0.2, -0.15) is 0 Å². The fourth-order valence-electron chi connectivity index (χ4n) is 4.21. The lowest BCUT2D eigenvalue weighted by Crippen LogP contribution is -2.49. The van der Waals surface area contributed by atoms with Crippen molar-refractivity contribution in [1.29, 1.82) is 0 Å². The Kier molecular flexibility index (Phi) is 4.61. The van der Waals surface area contributed by atoms with E-state index in [9.17, 15) is 9.59 Å². The summed E-state index contributed by atoms with van der Waals surface area (Å²) in [5, 5.41) is 0. The number of likely N-dealkylation sites (tertiary alicyclic amines) is 1. The molecule has 26 heavy (non-hydrogen) atoms. The summed E-state index contributed by atoms with van der Waals surface area (Å²) in [7, 11) is 1.63. The van der Waals surface area contributed by atoms with Crippen molar-refractivity contribution in [3.63, 3.8) is 0 Å². The number of fused-ring (bicyclic) bond motifs is 4. The van der Waals surface area contributed by atoms with E-state index < -0.39 is 0 Å². The molecule has 2 aromatic rings. The van der Waals surface area contributed by atoms with Gasteiger partial charge in [-0.25, -0.2) is 0 Å². The first-order chi connectivity index (χ1) is 12.5. The third-order valence-corrected chi connectivity index (χ3v) is 6.02. The van der Waals surface area contributed by atoms with Gasteiger partial charge in [0.15, 0.2) is 0 Å². The molecule has 4 rings (SSSR count). The molecule has 0 saturated carbocycles. The Labute approximate surface area is 160 Å². The van der Waals surface area contributed by atoms with Crippen LogP contribution in [-0.2, 0) is 17.8 Å². The highest BCUT2D eigenvalue weighted by atomic mass is 79.9. The number of pyridine rings is 1. The van der Waals surface area contributed by atoms with E-state index >= 15 is 0 Å². The molecule has 2 bridgehead atoms. The summed E-state index contributed by atoms with van der Waals surface area (Å²) >= 11 is 3.48. The molecule has 0 spiro atoms. The largest absolute Gasteiger partial charge is 0.496 e. The number of rotatable bonds is 3. The second-order valence-corrected chi connectivity index (χ2v) is 8.00. The van der Waals surface area contributed by atoms with E-state index in [1.807, 2.05) is 39.8 Å². The molecule has 0 aliphatic carbocycles. The summed E-state index contributed by atoms with van der Waals surface area (Å²) in [6, 6.07) is 11.2. The monoisotopic (exact) mass is 416 g/mol. The Morgan fingerprint density at radius 3 is 2.85 bits per heavy atom. The van der Waals surface area contributed by atoms with E-state index in [1.165, 1.54) is 0 Å². The minimum atomic E-state index is 0.0695. The van der Waals surface area contributed by atoms with E-state index in [2.05, 4.69) is 15.9 Å². The third-order valence-electron chi connectivity index (χ3n) is 5.40. The zero-order valence-electron chi connectivity index (χ0n) is 14.7. The van der Waals surface area contributed by atoms with Crippen LogP contribution in [-0.4, -0.2) is 35.6 Å². The van der Waals surface area contributed by atoms with E-state index in [1.54, 1.807) is 13.2 Å². The van der Waals surface area contributed by atoms with Crippen LogP contribution in [0.5, 0.6) is 5.75 Å². The van der Waals surface area contributed by atoms with Gasteiger partial charge in [-0.05, 0) is 52.0 Å². The number of piperidine rings is 1. The van der Waals surface area contributed by atoms with Crippen LogP contribution in [0.4, 0.5) is 0 Å². The highest BCUT2D eigenvalue weighted by Gasteiger charge is 2.36. The standard InChI is InChI=1S/C20H21BrN2O3/c1-26-18-6-5-13(8-16(18)21)9-20(25)22-10-14-7-15(12-22)17-3-2-4-19(24)23(17)11-14/h2-6,8,14-15H,7,9-12H2,1H3/t14-,15-/m1/s1. The van der Waals surface area contributed by atoms with E-state index in [4.69, 9.17) is 4.74 Å².